The number of benzene rings is 1. The lowest BCUT2D eigenvalue weighted by Gasteiger charge is -2.12. The zero-order chi connectivity index (χ0) is 15.3. The van der Waals surface area contributed by atoms with Crippen LogP contribution >= 0.6 is 22.6 Å². The van der Waals surface area contributed by atoms with Gasteiger partial charge in [-0.05, 0) is 47.2 Å². The first-order chi connectivity index (χ1) is 9.26. The summed E-state index contributed by atoms with van der Waals surface area (Å²) >= 11 is 1.79. The first kappa shape index (κ1) is 16.6. The lowest BCUT2D eigenvalue weighted by atomic mass is 10.1. The van der Waals surface area contributed by atoms with E-state index >= 15 is 0 Å². The van der Waals surface area contributed by atoms with Gasteiger partial charge in [0.05, 0.1) is 18.6 Å². The highest BCUT2D eigenvalue weighted by atomic mass is 127. The van der Waals surface area contributed by atoms with Crippen LogP contribution in [0.2, 0.25) is 0 Å². The van der Waals surface area contributed by atoms with Crippen molar-refractivity contribution in [2.45, 2.75) is 19.7 Å². The molecule has 8 heteroatoms. The van der Waals surface area contributed by atoms with E-state index in [0.29, 0.717) is 3.57 Å². The molecule has 0 fully saturated rings. The molecule has 1 aromatic rings. The van der Waals surface area contributed by atoms with Crippen LogP contribution in [0.25, 0.3) is 0 Å². The van der Waals surface area contributed by atoms with Crippen molar-refractivity contribution in [2.75, 3.05) is 6.61 Å². The smallest absolute Gasteiger partial charge is 0.466 e. The molecule has 20 heavy (non-hydrogen) atoms. The molecule has 0 aromatic heterocycles. The predicted octanol–water partition coefficient (Wildman–Crippen LogP) is 3.17. The number of rotatable bonds is 4. The van der Waals surface area contributed by atoms with Gasteiger partial charge in [-0.3, -0.25) is 4.79 Å². The number of hydrogen-bond donors (Lipinski definition) is 0. The maximum absolute atomic E-state index is 12.2. The fourth-order valence-electron chi connectivity index (χ4n) is 1.43. The van der Waals surface area contributed by atoms with Crippen molar-refractivity contribution in [2.24, 2.45) is 0 Å². The molecule has 0 atom stereocenters. The van der Waals surface area contributed by atoms with Gasteiger partial charge in [0, 0.05) is 3.57 Å². The first-order valence-electron chi connectivity index (χ1n) is 5.40. The molecule has 0 bridgehead atoms. The van der Waals surface area contributed by atoms with E-state index in [4.69, 9.17) is 10.00 Å². The standard InChI is InChI=1S/C12H9F3INO3/c1-2-19-10(18)5-7-3-9(20-12(13,14)15)4-8(6-17)11(7)16/h3-4H,2,5H2,1H3. The van der Waals surface area contributed by atoms with Gasteiger partial charge in [-0.25, -0.2) is 0 Å². The van der Waals surface area contributed by atoms with E-state index in [2.05, 4.69) is 4.74 Å². The molecular weight excluding hydrogens is 390 g/mol. The maximum atomic E-state index is 12.2. The topological polar surface area (TPSA) is 59.3 Å². The Hall–Kier alpha value is -1.50. The highest BCUT2D eigenvalue weighted by Gasteiger charge is 2.31. The van der Waals surface area contributed by atoms with Crippen molar-refractivity contribution >= 4 is 28.6 Å². The van der Waals surface area contributed by atoms with Gasteiger partial charge in [-0.1, -0.05) is 0 Å². The SMILES string of the molecule is CCOC(=O)Cc1cc(OC(F)(F)F)cc(C#N)c1I. The largest absolute Gasteiger partial charge is 0.573 e. The summed E-state index contributed by atoms with van der Waals surface area (Å²) in [4.78, 5) is 11.4. The molecule has 108 valence electrons. The normalized spacial score (nSPS) is 10.8. The Morgan fingerprint density at radius 3 is 2.60 bits per heavy atom. The van der Waals surface area contributed by atoms with Crippen molar-refractivity contribution in [1.82, 2.24) is 0 Å². The second-order valence-electron chi connectivity index (χ2n) is 3.59. The van der Waals surface area contributed by atoms with E-state index in [9.17, 15) is 18.0 Å². The van der Waals surface area contributed by atoms with E-state index in [1.165, 1.54) is 0 Å². The number of alkyl halides is 3. The molecule has 0 unspecified atom stereocenters. The minimum atomic E-state index is -4.86. The first-order valence-corrected chi connectivity index (χ1v) is 6.48. The Balaban J connectivity index is 3.13. The third kappa shape index (κ3) is 4.88. The molecule has 0 N–H and O–H groups in total. The number of halogens is 4. The summed E-state index contributed by atoms with van der Waals surface area (Å²) in [7, 11) is 0. The second-order valence-corrected chi connectivity index (χ2v) is 4.66. The van der Waals surface area contributed by atoms with Crippen molar-refractivity contribution in [3.8, 4) is 11.8 Å². The lowest BCUT2D eigenvalue weighted by molar-refractivity contribution is -0.274. The molecule has 0 radical (unpaired) electrons. The Kier molecular flexibility index (Phi) is 5.62. The molecule has 1 rings (SSSR count). The molecular formula is C12H9F3INO3. The van der Waals surface area contributed by atoms with Gasteiger partial charge < -0.3 is 9.47 Å². The van der Waals surface area contributed by atoms with E-state index in [1.54, 1.807) is 35.6 Å². The lowest BCUT2D eigenvalue weighted by Crippen LogP contribution is -2.18. The summed E-state index contributed by atoms with van der Waals surface area (Å²) < 4.78 is 45.5. The summed E-state index contributed by atoms with van der Waals surface area (Å²) in [6.07, 6.45) is -5.09. The van der Waals surface area contributed by atoms with Crippen LogP contribution in [0.4, 0.5) is 13.2 Å². The van der Waals surface area contributed by atoms with Gasteiger partial charge in [0.25, 0.3) is 0 Å². The number of hydrogen-bond acceptors (Lipinski definition) is 4. The molecule has 0 amide bonds. The van der Waals surface area contributed by atoms with E-state index in [-0.39, 0.29) is 24.2 Å². The van der Waals surface area contributed by atoms with E-state index < -0.39 is 18.1 Å². The average Bonchev–Trinajstić information content (AvgIpc) is 2.31. The number of carbonyl (C=O) groups excluding carboxylic acids is 1. The molecule has 0 saturated carbocycles. The number of nitrogens with zero attached hydrogens (tertiary/aromatic N) is 1. The molecule has 0 saturated heterocycles. The Morgan fingerprint density at radius 2 is 2.10 bits per heavy atom. The Labute approximate surface area is 126 Å². The molecule has 0 heterocycles. The van der Waals surface area contributed by atoms with Crippen LogP contribution in [-0.2, 0) is 16.0 Å². The molecule has 4 nitrogen and oxygen atoms in total. The zero-order valence-corrected chi connectivity index (χ0v) is 12.4. The van der Waals surface area contributed by atoms with Crippen molar-refractivity contribution < 1.29 is 27.4 Å². The van der Waals surface area contributed by atoms with Crippen molar-refractivity contribution in [3.05, 3.63) is 26.8 Å². The van der Waals surface area contributed by atoms with Gasteiger partial charge in [-0.15, -0.1) is 13.2 Å². The van der Waals surface area contributed by atoms with Crippen LogP contribution in [0.5, 0.6) is 5.75 Å². The number of ether oxygens (including phenoxy) is 2. The minimum Gasteiger partial charge on any atom is -0.466 e. The monoisotopic (exact) mass is 399 g/mol. The van der Waals surface area contributed by atoms with Gasteiger partial charge >= 0.3 is 12.3 Å². The highest BCUT2D eigenvalue weighted by molar-refractivity contribution is 14.1. The Morgan fingerprint density at radius 1 is 1.45 bits per heavy atom. The quantitative estimate of drug-likeness (QED) is 0.577. The van der Waals surface area contributed by atoms with Gasteiger partial charge in [-0.2, -0.15) is 5.26 Å². The fourth-order valence-corrected chi connectivity index (χ4v) is 2.05. The molecule has 0 spiro atoms. The Bertz CT molecular complexity index is 552. The van der Waals surface area contributed by atoms with Crippen LogP contribution in [0.15, 0.2) is 12.1 Å². The van der Waals surface area contributed by atoms with E-state index in [1.807, 2.05) is 0 Å². The second kappa shape index (κ2) is 6.78. The van der Waals surface area contributed by atoms with Crippen LogP contribution in [0, 0.1) is 14.9 Å². The summed E-state index contributed by atoms with van der Waals surface area (Å²) in [5.41, 5.74) is 0.258. The van der Waals surface area contributed by atoms with Gasteiger partial charge in [0.15, 0.2) is 0 Å². The van der Waals surface area contributed by atoms with Crippen molar-refractivity contribution in [1.29, 1.82) is 5.26 Å². The minimum absolute atomic E-state index is 0.00616. The van der Waals surface area contributed by atoms with Gasteiger partial charge in [0.1, 0.15) is 11.8 Å². The third-order valence-electron chi connectivity index (χ3n) is 2.12. The maximum Gasteiger partial charge on any atom is 0.573 e. The molecule has 0 aliphatic rings. The predicted molar refractivity (Wildman–Crippen MR) is 70.9 cm³/mol. The van der Waals surface area contributed by atoms with Crippen LogP contribution in [0.1, 0.15) is 18.1 Å². The summed E-state index contributed by atoms with van der Waals surface area (Å²) in [5.74, 6) is -1.12. The number of carbonyl (C=O) groups is 1. The van der Waals surface area contributed by atoms with Gasteiger partial charge in [0.2, 0.25) is 0 Å². The highest BCUT2D eigenvalue weighted by Crippen LogP contribution is 2.28. The summed E-state index contributed by atoms with van der Waals surface area (Å²) in [6.45, 7) is 1.78. The van der Waals surface area contributed by atoms with Crippen molar-refractivity contribution in [3.63, 3.8) is 0 Å². The molecule has 0 aliphatic heterocycles. The molecule has 1 aromatic carbocycles. The summed E-state index contributed by atoms with van der Waals surface area (Å²) in [6, 6.07) is 3.81. The van der Waals surface area contributed by atoms with Crippen LogP contribution < -0.4 is 4.74 Å². The number of esters is 1. The van der Waals surface area contributed by atoms with Crippen LogP contribution in [-0.4, -0.2) is 18.9 Å². The average molecular weight is 399 g/mol. The third-order valence-corrected chi connectivity index (χ3v) is 3.39. The zero-order valence-electron chi connectivity index (χ0n) is 10.3. The van der Waals surface area contributed by atoms with E-state index in [0.717, 1.165) is 12.1 Å². The molecule has 0 aliphatic carbocycles. The fraction of sp³-hybridized carbons (Fsp3) is 0.333. The van der Waals surface area contributed by atoms with Crippen LogP contribution in [0.3, 0.4) is 0 Å². The number of nitriles is 1. The summed E-state index contributed by atoms with van der Waals surface area (Å²) in [5, 5.41) is 8.90.